The highest BCUT2D eigenvalue weighted by atomic mass is 19.1. The van der Waals surface area contributed by atoms with Crippen LogP contribution in [0.5, 0.6) is 0 Å². The van der Waals surface area contributed by atoms with Crippen LogP contribution in [0.3, 0.4) is 0 Å². The van der Waals surface area contributed by atoms with Crippen LogP contribution in [0, 0.1) is 31.0 Å². The van der Waals surface area contributed by atoms with Gasteiger partial charge in [-0.25, -0.2) is 4.39 Å². The zero-order valence-corrected chi connectivity index (χ0v) is 14.0. The summed E-state index contributed by atoms with van der Waals surface area (Å²) in [6.07, 6.45) is 2.05. The molecule has 0 saturated carbocycles. The maximum Gasteiger partial charge on any atom is 0.147 e. The van der Waals surface area contributed by atoms with Crippen molar-refractivity contribution in [3.8, 4) is 6.07 Å². The van der Waals surface area contributed by atoms with E-state index < -0.39 is 0 Å². The van der Waals surface area contributed by atoms with E-state index in [4.69, 9.17) is 9.78 Å². The van der Waals surface area contributed by atoms with Gasteiger partial charge >= 0.3 is 0 Å². The number of aryl methyl sites for hydroxylation is 2. The molecule has 1 aliphatic heterocycles. The molecule has 0 aliphatic carbocycles. The fraction of sp³-hybridized carbons (Fsp3) is 0.444. The Balaban J connectivity index is 1.65. The zero-order valence-electron chi connectivity index (χ0n) is 14.0. The molecule has 1 N–H and O–H groups in total. The van der Waals surface area contributed by atoms with Crippen LogP contribution in [0.25, 0.3) is 0 Å². The van der Waals surface area contributed by atoms with Gasteiger partial charge < -0.3 is 14.7 Å². The van der Waals surface area contributed by atoms with E-state index in [-0.39, 0.29) is 11.9 Å². The summed E-state index contributed by atoms with van der Waals surface area (Å²) in [7, 11) is 0. The van der Waals surface area contributed by atoms with Gasteiger partial charge in [-0.05, 0) is 44.9 Å². The summed E-state index contributed by atoms with van der Waals surface area (Å²) in [6.45, 7) is 6.12. The number of hydrogen-bond donors (Lipinski definition) is 1. The van der Waals surface area contributed by atoms with Gasteiger partial charge in [0, 0.05) is 31.2 Å². The summed E-state index contributed by atoms with van der Waals surface area (Å²) in [4.78, 5) is 2.05. The normalized spacial score (nSPS) is 17.8. The molecule has 1 unspecified atom stereocenters. The average molecular weight is 328 g/mol. The molecule has 126 valence electrons. The predicted molar refractivity (Wildman–Crippen MR) is 89.2 cm³/mol. The fourth-order valence-electron chi connectivity index (χ4n) is 3.20. The Morgan fingerprint density at radius 1 is 1.46 bits per heavy atom. The Kier molecular flexibility index (Phi) is 4.81. The molecule has 6 heteroatoms. The molecule has 1 fully saturated rings. The highest BCUT2D eigenvalue weighted by molar-refractivity contribution is 5.51. The third-order valence-corrected chi connectivity index (χ3v) is 4.59. The van der Waals surface area contributed by atoms with Crippen LogP contribution >= 0.6 is 0 Å². The second-order valence-corrected chi connectivity index (χ2v) is 6.25. The van der Waals surface area contributed by atoms with Gasteiger partial charge in [0.2, 0.25) is 0 Å². The van der Waals surface area contributed by atoms with Gasteiger partial charge in [0.05, 0.1) is 23.0 Å². The van der Waals surface area contributed by atoms with Crippen LogP contribution in [0.1, 0.15) is 35.4 Å². The lowest BCUT2D eigenvalue weighted by molar-refractivity contribution is 0.389. The zero-order chi connectivity index (χ0) is 17.1. The third kappa shape index (κ3) is 3.41. The Hall–Kier alpha value is -2.39. The van der Waals surface area contributed by atoms with Gasteiger partial charge in [-0.1, -0.05) is 5.16 Å². The van der Waals surface area contributed by atoms with E-state index in [1.165, 1.54) is 6.07 Å². The first-order valence-electron chi connectivity index (χ1n) is 8.18. The van der Waals surface area contributed by atoms with Gasteiger partial charge in [0.25, 0.3) is 0 Å². The summed E-state index contributed by atoms with van der Waals surface area (Å²) in [6, 6.07) is 6.91. The topological polar surface area (TPSA) is 65.1 Å². The first-order valence-corrected chi connectivity index (χ1v) is 8.18. The Morgan fingerprint density at radius 3 is 2.96 bits per heavy atom. The number of nitriles is 1. The fourth-order valence-corrected chi connectivity index (χ4v) is 3.20. The number of nitrogens with one attached hydrogen (secondary N) is 1. The molecular weight excluding hydrogens is 307 g/mol. The van der Waals surface area contributed by atoms with Crippen molar-refractivity contribution >= 4 is 5.69 Å². The summed E-state index contributed by atoms with van der Waals surface area (Å²) < 4.78 is 19.4. The van der Waals surface area contributed by atoms with Crippen molar-refractivity contribution in [3.63, 3.8) is 0 Å². The van der Waals surface area contributed by atoms with Crippen LogP contribution in [0.4, 0.5) is 10.1 Å². The molecule has 1 aromatic heterocycles. The first-order chi connectivity index (χ1) is 11.6. The minimum atomic E-state index is -0.333. The maximum absolute atomic E-state index is 14.2. The molecule has 1 aliphatic rings. The number of aromatic nitrogens is 1. The summed E-state index contributed by atoms with van der Waals surface area (Å²) >= 11 is 0. The van der Waals surface area contributed by atoms with Crippen molar-refractivity contribution in [1.82, 2.24) is 10.5 Å². The minimum Gasteiger partial charge on any atom is -0.368 e. The molecule has 0 amide bonds. The van der Waals surface area contributed by atoms with Gasteiger partial charge in [-0.2, -0.15) is 5.26 Å². The number of halogens is 1. The molecule has 2 aromatic rings. The van der Waals surface area contributed by atoms with E-state index >= 15 is 0 Å². The minimum absolute atomic E-state index is 0.280. The smallest absolute Gasteiger partial charge is 0.147 e. The predicted octanol–water partition coefficient (Wildman–Crippen LogP) is 3.06. The lowest BCUT2D eigenvalue weighted by Gasteiger charge is -2.35. The van der Waals surface area contributed by atoms with Crippen LogP contribution in [0.2, 0.25) is 0 Å². The van der Waals surface area contributed by atoms with Crippen LogP contribution in [-0.4, -0.2) is 24.3 Å². The molecule has 0 spiro atoms. The highest BCUT2D eigenvalue weighted by Gasteiger charge is 2.22. The molecule has 1 atom stereocenters. The van der Waals surface area contributed by atoms with Crippen molar-refractivity contribution in [1.29, 1.82) is 5.26 Å². The van der Waals surface area contributed by atoms with Gasteiger partial charge in [0.15, 0.2) is 0 Å². The lowest BCUT2D eigenvalue weighted by atomic mass is 10.0. The maximum atomic E-state index is 14.2. The van der Waals surface area contributed by atoms with E-state index in [1.54, 1.807) is 12.1 Å². The van der Waals surface area contributed by atoms with Crippen molar-refractivity contribution < 1.29 is 8.91 Å². The first kappa shape index (κ1) is 16.5. The SMILES string of the molecule is Cc1noc(C)c1CNC1CCCN(c2ccc(C#N)cc2F)C1. The molecule has 24 heavy (non-hydrogen) atoms. The van der Waals surface area contributed by atoms with Crippen LogP contribution in [-0.2, 0) is 6.54 Å². The summed E-state index contributed by atoms with van der Waals surface area (Å²) in [5.74, 6) is 0.506. The van der Waals surface area contributed by atoms with Crippen molar-refractivity contribution in [2.24, 2.45) is 0 Å². The van der Waals surface area contributed by atoms with Crippen molar-refractivity contribution in [3.05, 3.63) is 46.6 Å². The van der Waals surface area contributed by atoms with E-state index in [0.717, 1.165) is 42.9 Å². The molecule has 1 saturated heterocycles. The van der Waals surface area contributed by atoms with E-state index in [2.05, 4.69) is 10.5 Å². The number of rotatable bonds is 4. The second kappa shape index (κ2) is 7.02. The number of piperidine rings is 1. The summed E-state index contributed by atoms with van der Waals surface area (Å²) in [5, 5.41) is 16.4. The monoisotopic (exact) mass is 328 g/mol. The number of nitrogens with zero attached hydrogens (tertiary/aromatic N) is 3. The molecule has 5 nitrogen and oxygen atoms in total. The number of benzene rings is 1. The third-order valence-electron chi connectivity index (χ3n) is 4.59. The molecule has 0 radical (unpaired) electrons. The van der Waals surface area contributed by atoms with Crippen LogP contribution in [0.15, 0.2) is 22.7 Å². The Labute approximate surface area is 141 Å². The highest BCUT2D eigenvalue weighted by Crippen LogP contribution is 2.24. The quantitative estimate of drug-likeness (QED) is 0.934. The Bertz CT molecular complexity index is 745. The second-order valence-electron chi connectivity index (χ2n) is 6.25. The van der Waals surface area contributed by atoms with Crippen LogP contribution < -0.4 is 10.2 Å². The molecular formula is C18H21FN4O. The van der Waals surface area contributed by atoms with Gasteiger partial charge in [-0.3, -0.25) is 0 Å². The Morgan fingerprint density at radius 2 is 2.29 bits per heavy atom. The van der Waals surface area contributed by atoms with Gasteiger partial charge in [0.1, 0.15) is 11.6 Å². The van der Waals surface area contributed by atoms with E-state index in [9.17, 15) is 4.39 Å². The van der Waals surface area contributed by atoms with E-state index in [0.29, 0.717) is 17.8 Å². The molecule has 0 bridgehead atoms. The lowest BCUT2D eigenvalue weighted by Crippen LogP contribution is -2.45. The number of anilines is 1. The molecule has 1 aromatic carbocycles. The number of hydrogen-bond acceptors (Lipinski definition) is 5. The summed E-state index contributed by atoms with van der Waals surface area (Å²) in [5.41, 5.74) is 2.92. The van der Waals surface area contributed by atoms with Crippen molar-refractivity contribution in [2.75, 3.05) is 18.0 Å². The standard InChI is InChI=1S/C18H21FN4O/c1-12-16(13(2)24-22-12)10-21-15-4-3-7-23(11-15)18-6-5-14(9-20)8-17(18)19/h5-6,8,15,21H,3-4,7,10-11H2,1-2H3. The van der Waals surface area contributed by atoms with Gasteiger partial charge in [-0.15, -0.1) is 0 Å². The van der Waals surface area contributed by atoms with Crippen molar-refractivity contribution in [2.45, 2.75) is 39.3 Å². The average Bonchev–Trinajstić information content (AvgIpc) is 2.91. The molecule has 2 heterocycles. The van der Waals surface area contributed by atoms with E-state index in [1.807, 2.05) is 24.8 Å². The largest absolute Gasteiger partial charge is 0.368 e. The molecule has 3 rings (SSSR count).